The molecular weight excluding hydrogens is 202 g/mol. The van der Waals surface area contributed by atoms with Gasteiger partial charge in [-0.1, -0.05) is 6.07 Å². The van der Waals surface area contributed by atoms with Gasteiger partial charge >= 0.3 is 0 Å². The normalized spacial score (nSPS) is 11.0. The number of nitrogens with one attached hydrogen (secondary N) is 1. The van der Waals surface area contributed by atoms with Gasteiger partial charge < -0.3 is 4.74 Å². The zero-order chi connectivity index (χ0) is 10.6. The lowest BCUT2D eigenvalue weighted by atomic mass is 10.3. The standard InChI is InChI=1S/C9H13NO3S/c1-3-13-9-6-4-5-8(7-9)10-14(2,11)12/h4-7,10H,3H2,1-2H3. The Morgan fingerprint density at radius 2 is 2.14 bits per heavy atom. The molecule has 0 fully saturated rings. The molecule has 0 amide bonds. The smallest absolute Gasteiger partial charge is 0.229 e. The van der Waals surface area contributed by atoms with E-state index in [1.807, 2.05) is 6.92 Å². The van der Waals surface area contributed by atoms with Gasteiger partial charge in [-0.25, -0.2) is 8.42 Å². The van der Waals surface area contributed by atoms with Crippen LogP contribution in [0.15, 0.2) is 24.3 Å². The van der Waals surface area contributed by atoms with Gasteiger partial charge in [-0.05, 0) is 19.1 Å². The van der Waals surface area contributed by atoms with Crippen LogP contribution in [0.25, 0.3) is 0 Å². The summed E-state index contributed by atoms with van der Waals surface area (Å²) in [5.41, 5.74) is 0.512. The fraction of sp³-hybridized carbons (Fsp3) is 0.333. The monoisotopic (exact) mass is 215 g/mol. The van der Waals surface area contributed by atoms with Crippen LogP contribution >= 0.6 is 0 Å². The maximum atomic E-state index is 10.9. The lowest BCUT2D eigenvalue weighted by Crippen LogP contribution is -2.09. The fourth-order valence-electron chi connectivity index (χ4n) is 1.03. The van der Waals surface area contributed by atoms with Gasteiger partial charge in [-0.3, -0.25) is 4.72 Å². The topological polar surface area (TPSA) is 55.4 Å². The van der Waals surface area contributed by atoms with Gasteiger partial charge in [0.1, 0.15) is 5.75 Å². The molecule has 1 rings (SSSR count). The van der Waals surface area contributed by atoms with Crippen LogP contribution in [0, 0.1) is 0 Å². The Bertz CT molecular complexity index is 400. The van der Waals surface area contributed by atoms with Gasteiger partial charge in [0.2, 0.25) is 10.0 Å². The highest BCUT2D eigenvalue weighted by Gasteiger charge is 2.02. The van der Waals surface area contributed by atoms with Crippen LogP contribution in [0.1, 0.15) is 6.92 Å². The molecule has 0 atom stereocenters. The number of ether oxygens (including phenoxy) is 1. The first-order valence-corrected chi connectivity index (χ1v) is 6.11. The minimum absolute atomic E-state index is 0.512. The van der Waals surface area contributed by atoms with Gasteiger partial charge in [0.05, 0.1) is 18.6 Å². The van der Waals surface area contributed by atoms with Crippen LogP contribution in [0.4, 0.5) is 5.69 Å². The Kier molecular flexibility index (Phi) is 3.35. The average Bonchev–Trinajstić information content (AvgIpc) is 2.02. The Hall–Kier alpha value is -1.23. The van der Waals surface area contributed by atoms with Crippen LogP contribution < -0.4 is 9.46 Å². The van der Waals surface area contributed by atoms with Crippen molar-refractivity contribution in [3.63, 3.8) is 0 Å². The quantitative estimate of drug-likeness (QED) is 0.827. The van der Waals surface area contributed by atoms with Crippen molar-refractivity contribution in [2.24, 2.45) is 0 Å². The van der Waals surface area contributed by atoms with Crippen molar-refractivity contribution in [1.29, 1.82) is 0 Å². The Labute approximate surface area is 84.0 Å². The number of rotatable bonds is 4. The van der Waals surface area contributed by atoms with Crippen molar-refractivity contribution >= 4 is 15.7 Å². The average molecular weight is 215 g/mol. The zero-order valence-electron chi connectivity index (χ0n) is 8.15. The summed E-state index contributed by atoms with van der Waals surface area (Å²) in [6, 6.07) is 6.82. The number of anilines is 1. The van der Waals surface area contributed by atoms with Crippen LogP contribution in [0.5, 0.6) is 5.75 Å². The second kappa shape index (κ2) is 4.32. The number of hydrogen-bond donors (Lipinski definition) is 1. The minimum atomic E-state index is -3.21. The van der Waals surface area contributed by atoms with E-state index in [1.54, 1.807) is 24.3 Å². The molecule has 0 saturated carbocycles. The molecule has 0 radical (unpaired) electrons. The highest BCUT2D eigenvalue weighted by Crippen LogP contribution is 2.17. The zero-order valence-corrected chi connectivity index (χ0v) is 8.97. The van der Waals surface area contributed by atoms with Gasteiger partial charge in [0.25, 0.3) is 0 Å². The van der Waals surface area contributed by atoms with E-state index in [1.165, 1.54) is 0 Å². The molecule has 78 valence electrons. The second-order valence-electron chi connectivity index (χ2n) is 2.84. The van der Waals surface area contributed by atoms with Crippen LogP contribution in [0.3, 0.4) is 0 Å². The molecule has 0 aromatic heterocycles. The van der Waals surface area contributed by atoms with E-state index in [0.717, 1.165) is 6.26 Å². The molecular formula is C9H13NO3S. The molecule has 1 aromatic carbocycles. The fourth-order valence-corrected chi connectivity index (χ4v) is 1.59. The molecule has 14 heavy (non-hydrogen) atoms. The lowest BCUT2D eigenvalue weighted by Gasteiger charge is -2.06. The third kappa shape index (κ3) is 3.66. The molecule has 0 aliphatic heterocycles. The van der Waals surface area contributed by atoms with Crippen LogP contribution in [0.2, 0.25) is 0 Å². The van der Waals surface area contributed by atoms with Crippen LogP contribution in [-0.4, -0.2) is 21.3 Å². The number of benzene rings is 1. The SMILES string of the molecule is CCOc1cccc(NS(C)(=O)=O)c1. The van der Waals surface area contributed by atoms with Gasteiger partial charge in [0, 0.05) is 6.07 Å². The summed E-state index contributed by atoms with van der Waals surface area (Å²) < 4.78 is 29.4. The van der Waals surface area contributed by atoms with Crippen molar-refractivity contribution in [1.82, 2.24) is 0 Å². The molecule has 0 unspecified atom stereocenters. The van der Waals surface area contributed by atoms with E-state index in [2.05, 4.69) is 4.72 Å². The molecule has 4 nitrogen and oxygen atoms in total. The molecule has 0 saturated heterocycles. The van der Waals surface area contributed by atoms with E-state index in [4.69, 9.17) is 4.74 Å². The molecule has 5 heteroatoms. The first-order chi connectivity index (χ1) is 6.51. The molecule has 0 heterocycles. The third-order valence-electron chi connectivity index (χ3n) is 1.45. The predicted octanol–water partition coefficient (Wildman–Crippen LogP) is 1.46. The molecule has 0 bridgehead atoms. The highest BCUT2D eigenvalue weighted by atomic mass is 32.2. The van der Waals surface area contributed by atoms with Crippen molar-refractivity contribution in [2.45, 2.75) is 6.92 Å². The van der Waals surface area contributed by atoms with Crippen molar-refractivity contribution < 1.29 is 13.2 Å². The number of hydrogen-bond acceptors (Lipinski definition) is 3. The highest BCUT2D eigenvalue weighted by molar-refractivity contribution is 7.92. The summed E-state index contributed by atoms with van der Waals surface area (Å²) in [6.45, 7) is 2.43. The molecule has 0 spiro atoms. The van der Waals surface area contributed by atoms with E-state index in [0.29, 0.717) is 18.0 Å². The summed E-state index contributed by atoms with van der Waals surface area (Å²) in [5.74, 6) is 0.654. The maximum Gasteiger partial charge on any atom is 0.229 e. The third-order valence-corrected chi connectivity index (χ3v) is 2.05. The first-order valence-electron chi connectivity index (χ1n) is 4.22. The number of sulfonamides is 1. The molecule has 1 aromatic rings. The summed E-state index contributed by atoms with van der Waals surface area (Å²) in [6.07, 6.45) is 1.11. The summed E-state index contributed by atoms with van der Waals surface area (Å²) >= 11 is 0. The lowest BCUT2D eigenvalue weighted by molar-refractivity contribution is 0.340. The molecule has 1 N–H and O–H groups in total. The summed E-state index contributed by atoms with van der Waals surface area (Å²) in [7, 11) is -3.21. The van der Waals surface area contributed by atoms with Gasteiger partial charge in [-0.2, -0.15) is 0 Å². The van der Waals surface area contributed by atoms with Gasteiger partial charge in [-0.15, -0.1) is 0 Å². The molecule has 0 aliphatic rings. The second-order valence-corrected chi connectivity index (χ2v) is 4.58. The Morgan fingerprint density at radius 1 is 1.43 bits per heavy atom. The van der Waals surface area contributed by atoms with Crippen LogP contribution in [-0.2, 0) is 10.0 Å². The van der Waals surface area contributed by atoms with E-state index in [-0.39, 0.29) is 0 Å². The van der Waals surface area contributed by atoms with Gasteiger partial charge in [0.15, 0.2) is 0 Å². The van der Waals surface area contributed by atoms with E-state index >= 15 is 0 Å². The Morgan fingerprint density at radius 3 is 2.71 bits per heavy atom. The maximum absolute atomic E-state index is 10.9. The van der Waals surface area contributed by atoms with E-state index < -0.39 is 10.0 Å². The summed E-state index contributed by atoms with van der Waals surface area (Å²) in [4.78, 5) is 0. The molecule has 0 aliphatic carbocycles. The minimum Gasteiger partial charge on any atom is -0.494 e. The largest absolute Gasteiger partial charge is 0.494 e. The predicted molar refractivity (Wildman–Crippen MR) is 56.1 cm³/mol. The van der Waals surface area contributed by atoms with Crippen molar-refractivity contribution in [3.05, 3.63) is 24.3 Å². The first kappa shape index (κ1) is 10.8. The Balaban J connectivity index is 2.83. The van der Waals surface area contributed by atoms with Crippen molar-refractivity contribution in [2.75, 3.05) is 17.6 Å². The van der Waals surface area contributed by atoms with E-state index in [9.17, 15) is 8.42 Å². The summed E-state index contributed by atoms with van der Waals surface area (Å²) in [5, 5.41) is 0. The van der Waals surface area contributed by atoms with Crippen molar-refractivity contribution in [3.8, 4) is 5.75 Å².